The van der Waals surface area contributed by atoms with Crippen LogP contribution in [0.2, 0.25) is 0 Å². The van der Waals surface area contributed by atoms with E-state index in [0.29, 0.717) is 13.0 Å². The number of thioether (sulfide) groups is 1. The molecule has 1 unspecified atom stereocenters. The number of ether oxygens (including phenoxy) is 1. The zero-order valence-electron chi connectivity index (χ0n) is 14.2. The van der Waals surface area contributed by atoms with E-state index >= 15 is 0 Å². The standard InChI is InChI=1S/C19H20N2O3S/c1-13-3-6-15(20-12-13)9-10-24-16-7-4-14(5-8-16)11-19(2)17(22)21-18(23)25-19/h3-8,12H,9-11H2,1-2H3,(H,21,22,23). The number of aromatic nitrogens is 1. The number of nitrogens with zero attached hydrogens (tertiary/aromatic N) is 1. The molecule has 0 radical (unpaired) electrons. The van der Waals surface area contributed by atoms with Gasteiger partial charge in [0.2, 0.25) is 5.91 Å². The molecule has 0 aliphatic carbocycles. The van der Waals surface area contributed by atoms with E-state index in [1.165, 1.54) is 0 Å². The molecule has 25 heavy (non-hydrogen) atoms. The molecule has 3 rings (SSSR count). The fourth-order valence-electron chi connectivity index (χ4n) is 2.63. The van der Waals surface area contributed by atoms with Crippen LogP contribution in [0, 0.1) is 6.92 Å². The third kappa shape index (κ3) is 4.39. The molecule has 1 N–H and O–H groups in total. The molecule has 1 aromatic carbocycles. The highest BCUT2D eigenvalue weighted by Crippen LogP contribution is 2.34. The van der Waals surface area contributed by atoms with Crippen LogP contribution >= 0.6 is 11.8 Å². The van der Waals surface area contributed by atoms with Gasteiger partial charge in [0.05, 0.1) is 6.61 Å². The molecule has 130 valence electrons. The minimum Gasteiger partial charge on any atom is -0.493 e. The summed E-state index contributed by atoms with van der Waals surface area (Å²) < 4.78 is 5.01. The predicted octanol–water partition coefficient (Wildman–Crippen LogP) is 3.30. The molecule has 1 aliphatic rings. The van der Waals surface area contributed by atoms with Gasteiger partial charge < -0.3 is 4.74 Å². The molecule has 1 saturated heterocycles. The number of rotatable bonds is 6. The topological polar surface area (TPSA) is 68.3 Å². The highest BCUT2D eigenvalue weighted by atomic mass is 32.2. The number of pyridine rings is 1. The van der Waals surface area contributed by atoms with Crippen LogP contribution in [0.3, 0.4) is 0 Å². The average molecular weight is 356 g/mol. The number of carbonyl (C=O) groups excluding carboxylic acids is 2. The predicted molar refractivity (Wildman–Crippen MR) is 97.9 cm³/mol. The highest BCUT2D eigenvalue weighted by molar-refractivity contribution is 8.16. The first-order chi connectivity index (χ1) is 11.9. The van der Waals surface area contributed by atoms with E-state index < -0.39 is 4.75 Å². The van der Waals surface area contributed by atoms with Crippen molar-refractivity contribution < 1.29 is 14.3 Å². The van der Waals surface area contributed by atoms with Crippen molar-refractivity contribution in [1.29, 1.82) is 0 Å². The third-order valence-corrected chi connectivity index (χ3v) is 5.15. The van der Waals surface area contributed by atoms with Gasteiger partial charge in [0, 0.05) is 18.3 Å². The second kappa shape index (κ2) is 7.27. The number of hydrogen-bond donors (Lipinski definition) is 1. The van der Waals surface area contributed by atoms with Gasteiger partial charge in [-0.1, -0.05) is 18.2 Å². The lowest BCUT2D eigenvalue weighted by Crippen LogP contribution is -2.35. The van der Waals surface area contributed by atoms with Gasteiger partial charge in [0.1, 0.15) is 10.5 Å². The molecule has 2 amide bonds. The van der Waals surface area contributed by atoms with Gasteiger partial charge in [-0.05, 0) is 61.4 Å². The number of imide groups is 1. The van der Waals surface area contributed by atoms with Gasteiger partial charge in [-0.2, -0.15) is 0 Å². The maximum absolute atomic E-state index is 11.9. The van der Waals surface area contributed by atoms with Crippen molar-refractivity contribution in [2.24, 2.45) is 0 Å². The molecule has 2 heterocycles. The normalized spacial score (nSPS) is 19.8. The zero-order chi connectivity index (χ0) is 17.9. The summed E-state index contributed by atoms with van der Waals surface area (Å²) in [5, 5.41) is 2.06. The summed E-state index contributed by atoms with van der Waals surface area (Å²) in [6.45, 7) is 4.36. The molecule has 0 bridgehead atoms. The summed E-state index contributed by atoms with van der Waals surface area (Å²) in [5.41, 5.74) is 3.14. The maximum Gasteiger partial charge on any atom is 0.286 e. The molecule has 1 aliphatic heterocycles. The molecular weight excluding hydrogens is 336 g/mol. The van der Waals surface area contributed by atoms with Crippen molar-refractivity contribution in [1.82, 2.24) is 10.3 Å². The maximum atomic E-state index is 11.9. The molecule has 1 aromatic heterocycles. The molecule has 1 fully saturated rings. The van der Waals surface area contributed by atoms with Gasteiger partial charge in [0.15, 0.2) is 0 Å². The SMILES string of the molecule is Cc1ccc(CCOc2ccc(CC3(C)SC(=O)NC3=O)cc2)nc1. The van der Waals surface area contributed by atoms with Crippen LogP contribution in [-0.2, 0) is 17.6 Å². The smallest absolute Gasteiger partial charge is 0.286 e. The Labute approximate surface area is 151 Å². The van der Waals surface area contributed by atoms with Crippen molar-refractivity contribution >= 4 is 22.9 Å². The van der Waals surface area contributed by atoms with Gasteiger partial charge in [0.25, 0.3) is 5.24 Å². The fourth-order valence-corrected chi connectivity index (χ4v) is 3.57. The Bertz CT molecular complexity index is 774. The van der Waals surface area contributed by atoms with E-state index in [1.54, 1.807) is 6.92 Å². The molecule has 0 spiro atoms. The first-order valence-electron chi connectivity index (χ1n) is 8.12. The quantitative estimate of drug-likeness (QED) is 0.860. The minimum absolute atomic E-state index is 0.228. The Hall–Kier alpha value is -2.34. The second-order valence-electron chi connectivity index (χ2n) is 6.32. The summed E-state index contributed by atoms with van der Waals surface area (Å²) in [5.74, 6) is 0.550. The van der Waals surface area contributed by atoms with Crippen LogP contribution in [0.15, 0.2) is 42.6 Å². The second-order valence-corrected chi connectivity index (χ2v) is 7.80. The van der Waals surface area contributed by atoms with Crippen LogP contribution in [-0.4, -0.2) is 27.5 Å². The molecular formula is C19H20N2O3S. The Morgan fingerprint density at radius 3 is 2.52 bits per heavy atom. The Morgan fingerprint density at radius 2 is 1.92 bits per heavy atom. The average Bonchev–Trinajstić information content (AvgIpc) is 2.83. The van der Waals surface area contributed by atoms with Crippen molar-refractivity contribution in [2.75, 3.05) is 6.61 Å². The van der Waals surface area contributed by atoms with E-state index in [4.69, 9.17) is 4.74 Å². The number of amides is 2. The minimum atomic E-state index is -0.740. The Morgan fingerprint density at radius 1 is 1.16 bits per heavy atom. The van der Waals surface area contributed by atoms with Gasteiger partial charge in [-0.15, -0.1) is 0 Å². The summed E-state index contributed by atoms with van der Waals surface area (Å²) >= 11 is 1.05. The van der Waals surface area contributed by atoms with Crippen LogP contribution in [0.4, 0.5) is 4.79 Å². The van der Waals surface area contributed by atoms with Gasteiger partial charge in [-0.25, -0.2) is 0 Å². The Balaban J connectivity index is 1.53. The summed E-state index contributed by atoms with van der Waals surface area (Å²) in [7, 11) is 0. The van der Waals surface area contributed by atoms with Gasteiger partial charge in [-0.3, -0.25) is 19.9 Å². The van der Waals surface area contributed by atoms with E-state index in [1.807, 2.05) is 49.5 Å². The van der Waals surface area contributed by atoms with E-state index in [2.05, 4.69) is 10.3 Å². The molecule has 0 saturated carbocycles. The lowest BCUT2D eigenvalue weighted by Gasteiger charge is -2.18. The zero-order valence-corrected chi connectivity index (χ0v) is 15.1. The number of nitrogens with one attached hydrogen (secondary N) is 1. The van der Waals surface area contributed by atoms with Crippen LogP contribution in [0.25, 0.3) is 0 Å². The molecule has 1 atom stereocenters. The largest absolute Gasteiger partial charge is 0.493 e. The van der Waals surface area contributed by atoms with Gasteiger partial charge >= 0.3 is 0 Å². The lowest BCUT2D eigenvalue weighted by atomic mass is 9.99. The van der Waals surface area contributed by atoms with Crippen LogP contribution in [0.5, 0.6) is 5.75 Å². The number of benzene rings is 1. The first-order valence-corrected chi connectivity index (χ1v) is 8.94. The van der Waals surface area contributed by atoms with Crippen molar-refractivity contribution in [3.63, 3.8) is 0 Å². The summed E-state index contributed by atoms with van der Waals surface area (Å²) in [4.78, 5) is 27.6. The monoisotopic (exact) mass is 356 g/mol. The molecule has 6 heteroatoms. The summed E-state index contributed by atoms with van der Waals surface area (Å²) in [6.07, 6.45) is 3.11. The van der Waals surface area contributed by atoms with Crippen molar-refractivity contribution in [3.8, 4) is 5.75 Å². The molecule has 2 aromatic rings. The number of carbonyl (C=O) groups is 2. The molecule has 5 nitrogen and oxygen atoms in total. The van der Waals surface area contributed by atoms with Crippen LogP contribution in [0.1, 0.15) is 23.7 Å². The third-order valence-electron chi connectivity index (χ3n) is 4.08. The van der Waals surface area contributed by atoms with E-state index in [9.17, 15) is 9.59 Å². The first kappa shape index (κ1) is 17.5. The summed E-state index contributed by atoms with van der Waals surface area (Å²) in [6, 6.07) is 11.7. The van der Waals surface area contributed by atoms with Crippen LogP contribution < -0.4 is 10.1 Å². The number of hydrogen-bond acceptors (Lipinski definition) is 5. The van der Waals surface area contributed by atoms with Crippen molar-refractivity contribution in [2.45, 2.75) is 31.4 Å². The fraction of sp³-hybridized carbons (Fsp3) is 0.316. The van der Waals surface area contributed by atoms with E-state index in [0.717, 1.165) is 40.8 Å². The lowest BCUT2D eigenvalue weighted by molar-refractivity contribution is -0.121. The van der Waals surface area contributed by atoms with E-state index in [-0.39, 0.29) is 11.1 Å². The Kier molecular flexibility index (Phi) is 5.08. The highest BCUT2D eigenvalue weighted by Gasteiger charge is 2.43. The number of aryl methyl sites for hydroxylation is 1. The van der Waals surface area contributed by atoms with Crippen molar-refractivity contribution in [3.05, 3.63) is 59.4 Å².